The monoisotopic (exact) mass is 367 g/mol. The van der Waals surface area contributed by atoms with Crippen molar-refractivity contribution in [3.05, 3.63) is 27.1 Å². The molecule has 0 unspecified atom stereocenters. The van der Waals surface area contributed by atoms with Crippen LogP contribution in [0.4, 0.5) is 0 Å². The van der Waals surface area contributed by atoms with Crippen molar-refractivity contribution in [2.24, 2.45) is 0 Å². The maximum absolute atomic E-state index is 12.2. The number of rotatable bonds is 2. The minimum absolute atomic E-state index is 0.345. The lowest BCUT2D eigenvalue weighted by Gasteiger charge is -2.16. The third kappa shape index (κ3) is 2.34. The molecule has 0 aromatic heterocycles. The van der Waals surface area contributed by atoms with Gasteiger partial charge in [-0.15, -0.1) is 0 Å². The highest BCUT2D eigenvalue weighted by molar-refractivity contribution is 9.11. The highest BCUT2D eigenvalue weighted by Gasteiger charge is 2.28. The molecule has 3 nitrogen and oxygen atoms in total. The van der Waals surface area contributed by atoms with Crippen LogP contribution in [0, 0.1) is 0 Å². The number of sulfonamides is 1. The lowest BCUT2D eigenvalue weighted by atomic mass is 10.4. The van der Waals surface area contributed by atoms with E-state index in [0.717, 1.165) is 17.3 Å². The number of hydrogen-bond donors (Lipinski definition) is 0. The van der Waals surface area contributed by atoms with E-state index in [1.165, 1.54) is 0 Å². The minimum Gasteiger partial charge on any atom is -0.207 e. The zero-order valence-electron chi connectivity index (χ0n) is 8.49. The molecule has 0 saturated carbocycles. The van der Waals surface area contributed by atoms with Crippen molar-refractivity contribution in [1.29, 1.82) is 0 Å². The topological polar surface area (TPSA) is 37.4 Å². The molecule has 0 spiro atoms. The van der Waals surface area contributed by atoms with E-state index < -0.39 is 10.0 Å². The van der Waals surface area contributed by atoms with Crippen LogP contribution >= 0.6 is 31.9 Å². The van der Waals surface area contributed by atoms with Gasteiger partial charge in [0, 0.05) is 22.0 Å². The van der Waals surface area contributed by atoms with E-state index in [1.54, 1.807) is 22.5 Å². The second-order valence-corrected chi connectivity index (χ2v) is 7.36. The number of nitrogens with zero attached hydrogens (tertiary/aromatic N) is 1. The molecule has 1 aliphatic heterocycles. The average molecular weight is 369 g/mol. The summed E-state index contributed by atoms with van der Waals surface area (Å²) in [6.07, 6.45) is 1.90. The van der Waals surface area contributed by atoms with Crippen LogP contribution in [0.5, 0.6) is 0 Å². The first kappa shape index (κ1) is 12.5. The van der Waals surface area contributed by atoms with Crippen molar-refractivity contribution in [2.75, 3.05) is 13.1 Å². The van der Waals surface area contributed by atoms with E-state index in [2.05, 4.69) is 31.9 Å². The molecule has 0 atom stereocenters. The lowest BCUT2D eigenvalue weighted by Crippen LogP contribution is -2.28. The summed E-state index contributed by atoms with van der Waals surface area (Å²) in [6.45, 7) is 1.26. The van der Waals surface area contributed by atoms with Gasteiger partial charge in [0.2, 0.25) is 10.0 Å². The van der Waals surface area contributed by atoms with Gasteiger partial charge in [-0.05, 0) is 47.0 Å². The third-order valence-corrected chi connectivity index (χ3v) is 5.95. The Morgan fingerprint density at radius 2 is 1.75 bits per heavy atom. The highest BCUT2D eigenvalue weighted by atomic mass is 79.9. The molecule has 0 N–H and O–H groups in total. The fourth-order valence-corrected chi connectivity index (χ4v) is 4.98. The molecule has 1 fully saturated rings. The molecule has 1 aliphatic rings. The molecule has 0 amide bonds. The second kappa shape index (κ2) is 4.76. The number of halogens is 2. The number of benzene rings is 1. The summed E-state index contributed by atoms with van der Waals surface area (Å²) < 4.78 is 27.5. The van der Waals surface area contributed by atoms with Crippen LogP contribution in [0.25, 0.3) is 0 Å². The fraction of sp³-hybridized carbons (Fsp3) is 0.400. The summed E-state index contributed by atoms with van der Waals surface area (Å²) in [5.74, 6) is 0. The molecule has 0 radical (unpaired) electrons. The molecule has 88 valence electrons. The van der Waals surface area contributed by atoms with Crippen molar-refractivity contribution in [2.45, 2.75) is 17.7 Å². The average Bonchev–Trinajstić information content (AvgIpc) is 2.69. The Balaban J connectivity index is 2.42. The van der Waals surface area contributed by atoms with Crippen molar-refractivity contribution < 1.29 is 8.42 Å². The summed E-state index contributed by atoms with van der Waals surface area (Å²) in [6, 6.07) is 5.12. The van der Waals surface area contributed by atoms with Crippen molar-refractivity contribution >= 4 is 41.9 Å². The van der Waals surface area contributed by atoms with E-state index in [4.69, 9.17) is 0 Å². The predicted molar refractivity (Wildman–Crippen MR) is 69.8 cm³/mol. The Hall–Kier alpha value is 0.0900. The SMILES string of the molecule is O=S(=O)(c1ccc(Br)cc1Br)N1CCCC1. The van der Waals surface area contributed by atoms with Crippen LogP contribution in [-0.2, 0) is 10.0 Å². The summed E-state index contributed by atoms with van der Waals surface area (Å²) in [4.78, 5) is 0.345. The van der Waals surface area contributed by atoms with Gasteiger partial charge in [0.15, 0.2) is 0 Å². The van der Waals surface area contributed by atoms with Gasteiger partial charge in [-0.2, -0.15) is 4.31 Å². The fourth-order valence-electron chi connectivity index (χ4n) is 1.75. The van der Waals surface area contributed by atoms with Crippen LogP contribution in [0.2, 0.25) is 0 Å². The number of hydrogen-bond acceptors (Lipinski definition) is 2. The quantitative estimate of drug-likeness (QED) is 0.804. The standard InChI is InChI=1S/C10H11Br2NO2S/c11-8-3-4-10(9(12)7-8)16(14,15)13-5-1-2-6-13/h3-4,7H,1-2,5-6H2. The van der Waals surface area contributed by atoms with Crippen LogP contribution in [0.1, 0.15) is 12.8 Å². The molecular formula is C10H11Br2NO2S. The van der Waals surface area contributed by atoms with Crippen molar-refractivity contribution in [3.8, 4) is 0 Å². The zero-order chi connectivity index (χ0) is 11.8. The van der Waals surface area contributed by atoms with Gasteiger partial charge in [0.25, 0.3) is 0 Å². The Morgan fingerprint density at radius 1 is 1.12 bits per heavy atom. The van der Waals surface area contributed by atoms with E-state index in [1.807, 2.05) is 0 Å². The van der Waals surface area contributed by atoms with Gasteiger partial charge in [-0.1, -0.05) is 15.9 Å². The molecule has 0 bridgehead atoms. The van der Waals surface area contributed by atoms with Crippen LogP contribution in [0.15, 0.2) is 32.0 Å². The van der Waals surface area contributed by atoms with Crippen LogP contribution in [0.3, 0.4) is 0 Å². The van der Waals surface area contributed by atoms with E-state index in [-0.39, 0.29) is 0 Å². The van der Waals surface area contributed by atoms with E-state index >= 15 is 0 Å². The summed E-state index contributed by atoms with van der Waals surface area (Å²) >= 11 is 6.60. The van der Waals surface area contributed by atoms with E-state index in [9.17, 15) is 8.42 Å². The third-order valence-electron chi connectivity index (χ3n) is 2.58. The molecule has 1 saturated heterocycles. The van der Waals surface area contributed by atoms with Crippen LogP contribution in [-0.4, -0.2) is 25.8 Å². The van der Waals surface area contributed by atoms with Gasteiger partial charge >= 0.3 is 0 Å². The second-order valence-electron chi connectivity index (χ2n) is 3.69. The normalized spacial score (nSPS) is 17.9. The van der Waals surface area contributed by atoms with Gasteiger partial charge in [0.1, 0.15) is 0 Å². The van der Waals surface area contributed by atoms with Crippen molar-refractivity contribution in [3.63, 3.8) is 0 Å². The molecule has 0 aliphatic carbocycles. The first-order valence-electron chi connectivity index (χ1n) is 4.97. The maximum Gasteiger partial charge on any atom is 0.244 e. The Bertz CT molecular complexity index is 496. The lowest BCUT2D eigenvalue weighted by molar-refractivity contribution is 0.477. The summed E-state index contributed by atoms with van der Waals surface area (Å²) in [7, 11) is -3.32. The zero-order valence-corrected chi connectivity index (χ0v) is 12.5. The van der Waals surface area contributed by atoms with Gasteiger partial charge in [0.05, 0.1) is 4.90 Å². The molecule has 1 heterocycles. The first-order valence-corrected chi connectivity index (χ1v) is 7.99. The minimum atomic E-state index is -3.32. The first-order chi connectivity index (χ1) is 7.51. The molecule has 1 aromatic carbocycles. The molecular weight excluding hydrogens is 358 g/mol. The molecule has 1 aromatic rings. The predicted octanol–water partition coefficient (Wildman–Crippen LogP) is 3.00. The Morgan fingerprint density at radius 3 is 2.31 bits per heavy atom. The molecule has 16 heavy (non-hydrogen) atoms. The van der Waals surface area contributed by atoms with Gasteiger partial charge in [-0.3, -0.25) is 0 Å². The summed E-state index contributed by atoms with van der Waals surface area (Å²) in [5, 5.41) is 0. The van der Waals surface area contributed by atoms with Gasteiger partial charge < -0.3 is 0 Å². The van der Waals surface area contributed by atoms with Crippen LogP contribution < -0.4 is 0 Å². The molecule has 6 heteroatoms. The molecule has 2 rings (SSSR count). The smallest absolute Gasteiger partial charge is 0.207 e. The van der Waals surface area contributed by atoms with Crippen molar-refractivity contribution in [1.82, 2.24) is 4.31 Å². The summed E-state index contributed by atoms with van der Waals surface area (Å²) in [5.41, 5.74) is 0. The Labute approximate surface area is 112 Å². The largest absolute Gasteiger partial charge is 0.244 e. The van der Waals surface area contributed by atoms with Gasteiger partial charge in [-0.25, -0.2) is 8.42 Å². The van der Waals surface area contributed by atoms with E-state index in [0.29, 0.717) is 22.5 Å². The Kier molecular flexibility index (Phi) is 3.73. The maximum atomic E-state index is 12.2. The highest BCUT2D eigenvalue weighted by Crippen LogP contribution is 2.29.